The van der Waals surface area contributed by atoms with Gasteiger partial charge in [-0.25, -0.2) is 0 Å². The van der Waals surface area contributed by atoms with E-state index in [4.69, 9.17) is 0 Å². The molecule has 0 aliphatic heterocycles. The summed E-state index contributed by atoms with van der Waals surface area (Å²) in [5.74, 6) is 20.9. The van der Waals surface area contributed by atoms with Crippen LogP contribution in [0.15, 0.2) is 164 Å². The average Bonchev–Trinajstić information content (AvgIpc) is 3.40. The summed E-state index contributed by atoms with van der Waals surface area (Å²) in [7, 11) is 0. The van der Waals surface area contributed by atoms with Crippen LogP contribution >= 0.6 is 0 Å². The maximum Gasteiger partial charge on any atom is 0.102 e. The topological polar surface area (TPSA) is 81.1 Å². The maximum atomic E-state index is 10.9. The summed E-state index contributed by atoms with van der Waals surface area (Å²) in [6, 6.07) is 61.8. The molecule has 0 aliphatic rings. The van der Waals surface area contributed by atoms with E-state index in [1.165, 1.54) is 0 Å². The van der Waals surface area contributed by atoms with Gasteiger partial charge in [0.15, 0.2) is 0 Å². The molecule has 6 heteroatoms. The highest BCUT2D eigenvalue weighted by atomic mass is 15.1. The molecule has 0 saturated heterocycles. The first-order valence-electron chi connectivity index (χ1n) is 24.8. The molecule has 0 amide bonds. The van der Waals surface area contributed by atoms with Crippen molar-refractivity contribution in [3.05, 3.63) is 214 Å². The molecular formula is C66H60N6. The summed E-state index contributed by atoms with van der Waals surface area (Å²) in [6.45, 7) is 15.9. The molecule has 0 atom stereocenters. The van der Waals surface area contributed by atoms with Gasteiger partial charge >= 0.3 is 0 Å². The fourth-order valence-electron chi connectivity index (χ4n) is 8.25. The molecule has 0 heterocycles. The van der Waals surface area contributed by atoms with Crippen LogP contribution < -0.4 is 14.7 Å². The van der Waals surface area contributed by atoms with Crippen LogP contribution in [-0.4, -0.2) is 19.6 Å². The van der Waals surface area contributed by atoms with Gasteiger partial charge < -0.3 is 14.7 Å². The molecule has 0 bridgehead atoms. The zero-order valence-electron chi connectivity index (χ0n) is 42.2. The second-order valence-electron chi connectivity index (χ2n) is 19.0. The first-order valence-corrected chi connectivity index (χ1v) is 24.8. The number of nitrogens with zero attached hydrogens (tertiary/aromatic N) is 6. The first-order chi connectivity index (χ1) is 35.1. The minimum absolute atomic E-state index is 0.0570. The molecule has 0 unspecified atom stereocenters. The summed E-state index contributed by atoms with van der Waals surface area (Å²) in [6.07, 6.45) is 3.06. The van der Waals surface area contributed by atoms with E-state index in [9.17, 15) is 15.8 Å². The quantitative estimate of drug-likeness (QED) is 0.0953. The highest BCUT2D eigenvalue weighted by Gasteiger charge is 2.23. The molecule has 0 spiro atoms. The van der Waals surface area contributed by atoms with E-state index >= 15 is 0 Å². The summed E-state index contributed by atoms with van der Waals surface area (Å²) in [5, 5.41) is 32.7. The molecule has 0 aromatic heterocycles. The van der Waals surface area contributed by atoms with Crippen LogP contribution in [0.5, 0.6) is 0 Å². The second-order valence-corrected chi connectivity index (χ2v) is 19.0. The van der Waals surface area contributed by atoms with Gasteiger partial charge in [-0.3, -0.25) is 0 Å². The zero-order chi connectivity index (χ0) is 50.8. The standard InChI is InChI=1S/C66H60N6/c1-49(2)40-43-70(55-16-10-7-11-17-55)58-31-22-52(23-32-58)28-37-61-64(46-67)62(38-29-53-24-33-59(34-25-53)71(44-41-50(3)4)56-18-12-8-13-19-56)66(48-69)63(65(61)47-68)39-30-54-26-35-60(36-27-54)72(45-42-51(5)6)57-20-14-9-15-21-57/h7-27,31-36,49-51H,40-45H2,1-6H3. The predicted octanol–water partition coefficient (Wildman–Crippen LogP) is 15.1. The fraction of sp³-hybridized carbons (Fsp3) is 0.227. The molecule has 7 rings (SSSR count). The monoisotopic (exact) mass is 936 g/mol. The second kappa shape index (κ2) is 25.1. The van der Waals surface area contributed by atoms with E-state index in [1.807, 2.05) is 127 Å². The number of hydrogen-bond acceptors (Lipinski definition) is 6. The Labute approximate surface area is 428 Å². The third-order valence-corrected chi connectivity index (χ3v) is 12.4. The van der Waals surface area contributed by atoms with Gasteiger partial charge in [0.2, 0.25) is 0 Å². The van der Waals surface area contributed by atoms with Gasteiger partial charge in [-0.2, -0.15) is 15.8 Å². The first kappa shape index (κ1) is 51.0. The Morgan fingerprint density at radius 1 is 0.292 bits per heavy atom. The molecule has 354 valence electrons. The Morgan fingerprint density at radius 2 is 0.514 bits per heavy atom. The Balaban J connectivity index is 1.31. The van der Waals surface area contributed by atoms with E-state index in [1.54, 1.807) is 0 Å². The van der Waals surface area contributed by atoms with E-state index in [0.717, 1.165) is 73.0 Å². The molecule has 6 nitrogen and oxygen atoms in total. The third kappa shape index (κ3) is 13.2. The van der Waals surface area contributed by atoms with Gasteiger partial charge in [0.1, 0.15) is 18.2 Å². The summed E-state index contributed by atoms with van der Waals surface area (Å²) >= 11 is 0. The molecule has 0 fully saturated rings. The number of hydrogen-bond donors (Lipinski definition) is 0. The summed E-state index contributed by atoms with van der Waals surface area (Å²) < 4.78 is 0. The number of para-hydroxylation sites is 3. The fourth-order valence-corrected chi connectivity index (χ4v) is 8.25. The van der Waals surface area contributed by atoms with Crippen molar-refractivity contribution in [2.45, 2.75) is 60.8 Å². The zero-order valence-corrected chi connectivity index (χ0v) is 42.2. The lowest BCUT2D eigenvalue weighted by atomic mass is 9.87. The van der Waals surface area contributed by atoms with Crippen molar-refractivity contribution in [2.24, 2.45) is 17.8 Å². The van der Waals surface area contributed by atoms with Gasteiger partial charge in [0, 0.05) is 70.4 Å². The van der Waals surface area contributed by atoms with E-state index in [-0.39, 0.29) is 33.4 Å². The van der Waals surface area contributed by atoms with Crippen LogP contribution in [0.2, 0.25) is 0 Å². The SMILES string of the molecule is CC(C)CCN(c1ccccc1)c1ccc(C#Cc2c(C#N)c(C#Cc3ccc(N(CCC(C)C)c4ccccc4)cc3)c(C#N)c(C#Cc3ccc(N(CCC(C)C)c4ccccc4)cc3)c2C#N)cc1. The van der Waals surface area contributed by atoms with Crippen LogP contribution in [0.1, 0.15) is 111 Å². The van der Waals surface area contributed by atoms with Crippen molar-refractivity contribution in [3.8, 4) is 53.7 Å². The predicted molar refractivity (Wildman–Crippen MR) is 297 cm³/mol. The van der Waals surface area contributed by atoms with Gasteiger partial charge in [-0.15, -0.1) is 0 Å². The Morgan fingerprint density at radius 3 is 0.722 bits per heavy atom. The molecule has 0 aliphatic carbocycles. The average molecular weight is 937 g/mol. The van der Waals surface area contributed by atoms with Crippen LogP contribution in [0.25, 0.3) is 0 Å². The van der Waals surface area contributed by atoms with Crippen molar-refractivity contribution >= 4 is 34.1 Å². The lowest BCUT2D eigenvalue weighted by Crippen LogP contribution is -2.19. The van der Waals surface area contributed by atoms with E-state index in [2.05, 4.69) is 146 Å². The molecular weight excluding hydrogens is 877 g/mol. The summed E-state index contributed by atoms with van der Waals surface area (Å²) in [4.78, 5) is 6.90. The van der Waals surface area contributed by atoms with Gasteiger partial charge in [-0.1, -0.05) is 132 Å². The largest absolute Gasteiger partial charge is 0.341 e. The van der Waals surface area contributed by atoms with Crippen molar-refractivity contribution in [3.63, 3.8) is 0 Å². The number of benzene rings is 7. The lowest BCUT2D eigenvalue weighted by Gasteiger charge is -2.26. The number of nitriles is 3. The Kier molecular flexibility index (Phi) is 17.8. The van der Waals surface area contributed by atoms with E-state index < -0.39 is 0 Å². The highest BCUT2D eigenvalue weighted by Crippen LogP contribution is 2.31. The third-order valence-electron chi connectivity index (χ3n) is 12.4. The van der Waals surface area contributed by atoms with Crippen LogP contribution in [0.4, 0.5) is 34.1 Å². The van der Waals surface area contributed by atoms with Crippen molar-refractivity contribution in [1.29, 1.82) is 15.8 Å². The Bertz CT molecular complexity index is 2870. The van der Waals surface area contributed by atoms with Crippen LogP contribution in [-0.2, 0) is 0 Å². The van der Waals surface area contributed by atoms with Crippen molar-refractivity contribution in [2.75, 3.05) is 34.3 Å². The van der Waals surface area contributed by atoms with Crippen LogP contribution in [0, 0.1) is 87.3 Å². The Hall–Kier alpha value is -8.91. The number of anilines is 6. The molecule has 7 aromatic rings. The van der Waals surface area contributed by atoms with E-state index in [0.29, 0.717) is 34.4 Å². The van der Waals surface area contributed by atoms with Crippen LogP contribution in [0.3, 0.4) is 0 Å². The molecule has 0 radical (unpaired) electrons. The van der Waals surface area contributed by atoms with Crippen molar-refractivity contribution in [1.82, 2.24) is 0 Å². The van der Waals surface area contributed by atoms with Gasteiger partial charge in [0.05, 0.1) is 33.4 Å². The molecule has 72 heavy (non-hydrogen) atoms. The lowest BCUT2D eigenvalue weighted by molar-refractivity contribution is 0.591. The molecule has 0 saturated carbocycles. The highest BCUT2D eigenvalue weighted by molar-refractivity contribution is 5.77. The normalized spacial score (nSPS) is 10.4. The maximum absolute atomic E-state index is 10.9. The van der Waals surface area contributed by atoms with Gasteiger partial charge in [-0.05, 0) is 146 Å². The minimum atomic E-state index is 0.0570. The number of rotatable bonds is 15. The molecule has 0 N–H and O–H groups in total. The smallest absolute Gasteiger partial charge is 0.102 e. The van der Waals surface area contributed by atoms with Crippen molar-refractivity contribution < 1.29 is 0 Å². The molecule has 7 aromatic carbocycles. The minimum Gasteiger partial charge on any atom is -0.341 e. The summed E-state index contributed by atoms with van der Waals surface area (Å²) in [5.41, 5.74) is 9.21. The van der Waals surface area contributed by atoms with Gasteiger partial charge in [0.25, 0.3) is 0 Å².